The van der Waals surface area contributed by atoms with E-state index in [0.29, 0.717) is 19.5 Å². The maximum Gasteiger partial charge on any atom is 0.223 e. The van der Waals surface area contributed by atoms with E-state index < -0.39 is 0 Å². The summed E-state index contributed by atoms with van der Waals surface area (Å²) in [7, 11) is 0. The summed E-state index contributed by atoms with van der Waals surface area (Å²) in [6.07, 6.45) is 4.45. The Morgan fingerprint density at radius 2 is 2.00 bits per heavy atom. The first-order valence-electron chi connectivity index (χ1n) is 7.78. The summed E-state index contributed by atoms with van der Waals surface area (Å²) in [6.45, 7) is 1.24. The molecule has 3 nitrogen and oxygen atoms in total. The number of benzene rings is 1. The van der Waals surface area contributed by atoms with Gasteiger partial charge in [-0.25, -0.2) is 4.39 Å². The van der Waals surface area contributed by atoms with Crippen molar-refractivity contribution < 1.29 is 14.3 Å². The molecule has 4 heteroatoms. The number of likely N-dealkylation sites (tertiary alicyclic amines) is 1. The topological polar surface area (TPSA) is 40.5 Å². The lowest BCUT2D eigenvalue weighted by Crippen LogP contribution is -2.40. The molecule has 1 saturated heterocycles. The van der Waals surface area contributed by atoms with Gasteiger partial charge in [-0.05, 0) is 24.5 Å². The molecule has 1 atom stereocenters. The minimum Gasteiger partial charge on any atom is -0.396 e. The molecule has 0 radical (unpaired) electrons. The highest BCUT2D eigenvalue weighted by atomic mass is 19.1. The van der Waals surface area contributed by atoms with Crippen LogP contribution < -0.4 is 0 Å². The zero-order chi connectivity index (χ0) is 14.9. The van der Waals surface area contributed by atoms with Crippen LogP contribution >= 0.6 is 0 Å². The number of carbonyl (C=O) groups is 1. The smallest absolute Gasteiger partial charge is 0.223 e. The van der Waals surface area contributed by atoms with Gasteiger partial charge < -0.3 is 10.0 Å². The van der Waals surface area contributed by atoms with Crippen molar-refractivity contribution in [3.8, 4) is 0 Å². The van der Waals surface area contributed by atoms with Crippen molar-refractivity contribution in [1.29, 1.82) is 0 Å². The third-order valence-corrected chi connectivity index (χ3v) is 5.05. The molecular formula is C17H22FNO2. The molecule has 1 aromatic rings. The number of amides is 1. The van der Waals surface area contributed by atoms with Crippen molar-refractivity contribution in [3.63, 3.8) is 0 Å². The van der Waals surface area contributed by atoms with Crippen LogP contribution in [0.3, 0.4) is 0 Å². The van der Waals surface area contributed by atoms with Gasteiger partial charge in [-0.15, -0.1) is 0 Å². The maximum absolute atomic E-state index is 14.3. The molecule has 1 amide bonds. The van der Waals surface area contributed by atoms with Gasteiger partial charge in [0.05, 0.1) is 0 Å². The van der Waals surface area contributed by atoms with Gasteiger partial charge in [0, 0.05) is 37.5 Å². The van der Waals surface area contributed by atoms with Crippen molar-refractivity contribution >= 4 is 5.91 Å². The van der Waals surface area contributed by atoms with Gasteiger partial charge in [-0.3, -0.25) is 4.79 Å². The van der Waals surface area contributed by atoms with Crippen molar-refractivity contribution in [2.75, 3.05) is 19.7 Å². The lowest BCUT2D eigenvalue weighted by atomic mass is 9.78. The van der Waals surface area contributed by atoms with E-state index in [1.807, 2.05) is 17.0 Å². The summed E-state index contributed by atoms with van der Waals surface area (Å²) >= 11 is 0. The number of rotatable bonds is 4. The molecule has 1 unspecified atom stereocenters. The Hall–Kier alpha value is -1.42. The number of aliphatic hydroxyl groups excluding tert-OH is 1. The Balaban J connectivity index is 1.86. The molecule has 2 fully saturated rings. The third kappa shape index (κ3) is 2.69. The second kappa shape index (κ2) is 5.76. The van der Waals surface area contributed by atoms with Gasteiger partial charge >= 0.3 is 0 Å². The highest BCUT2D eigenvalue weighted by molar-refractivity contribution is 5.78. The molecule has 21 heavy (non-hydrogen) atoms. The van der Waals surface area contributed by atoms with Crippen LogP contribution in [-0.2, 0) is 10.2 Å². The lowest BCUT2D eigenvalue weighted by Gasteiger charge is -2.34. The van der Waals surface area contributed by atoms with E-state index in [-0.39, 0.29) is 29.7 Å². The molecule has 1 aliphatic carbocycles. The Kier molecular flexibility index (Phi) is 3.98. The molecule has 0 aromatic heterocycles. The van der Waals surface area contributed by atoms with E-state index in [0.717, 1.165) is 31.2 Å². The standard InChI is InChI=1S/C17H22FNO2/c18-15-6-2-1-5-14(15)17(7-3-4-8-17)12-19-10-13(11-20)9-16(19)21/h1-2,5-6,13,20H,3-4,7-12H2. The van der Waals surface area contributed by atoms with Crippen LogP contribution in [0.2, 0.25) is 0 Å². The molecule has 1 aromatic carbocycles. The number of hydrogen-bond acceptors (Lipinski definition) is 2. The summed E-state index contributed by atoms with van der Waals surface area (Å²) in [5, 5.41) is 9.25. The van der Waals surface area contributed by atoms with Gasteiger partial charge in [0.15, 0.2) is 0 Å². The molecule has 114 valence electrons. The van der Waals surface area contributed by atoms with Crippen LogP contribution in [0.5, 0.6) is 0 Å². The van der Waals surface area contributed by atoms with E-state index in [2.05, 4.69) is 0 Å². The van der Waals surface area contributed by atoms with Crippen LogP contribution in [0.15, 0.2) is 24.3 Å². The largest absolute Gasteiger partial charge is 0.396 e. The molecule has 1 N–H and O–H groups in total. The first kappa shape index (κ1) is 14.5. The second-order valence-electron chi connectivity index (χ2n) is 6.49. The fourth-order valence-corrected chi connectivity index (χ4v) is 3.95. The van der Waals surface area contributed by atoms with E-state index in [1.54, 1.807) is 6.07 Å². The minimum absolute atomic E-state index is 0.0385. The summed E-state index contributed by atoms with van der Waals surface area (Å²) in [5.74, 6) is -0.0296. The Labute approximate surface area is 124 Å². The van der Waals surface area contributed by atoms with Crippen LogP contribution in [0, 0.1) is 11.7 Å². The molecule has 0 spiro atoms. The monoisotopic (exact) mass is 291 g/mol. The predicted octanol–water partition coefficient (Wildman–Crippen LogP) is 2.48. The van der Waals surface area contributed by atoms with Gasteiger partial charge in [-0.1, -0.05) is 31.0 Å². The Morgan fingerprint density at radius 1 is 1.29 bits per heavy atom. The molecular weight excluding hydrogens is 269 g/mol. The van der Waals surface area contributed by atoms with Crippen LogP contribution in [0.25, 0.3) is 0 Å². The Morgan fingerprint density at radius 3 is 2.62 bits per heavy atom. The van der Waals surface area contributed by atoms with E-state index in [1.165, 1.54) is 6.07 Å². The number of hydrogen-bond donors (Lipinski definition) is 1. The number of carbonyl (C=O) groups excluding carboxylic acids is 1. The van der Waals surface area contributed by atoms with Gasteiger partial charge in [0.2, 0.25) is 5.91 Å². The van der Waals surface area contributed by atoms with Crippen LogP contribution in [0.4, 0.5) is 4.39 Å². The molecule has 0 bridgehead atoms. The lowest BCUT2D eigenvalue weighted by molar-refractivity contribution is -0.128. The first-order valence-corrected chi connectivity index (χ1v) is 7.78. The summed E-state index contributed by atoms with van der Waals surface area (Å²) < 4.78 is 14.3. The average Bonchev–Trinajstić information content (AvgIpc) is 3.08. The second-order valence-corrected chi connectivity index (χ2v) is 6.49. The SMILES string of the molecule is O=C1CC(CO)CN1CC1(c2ccccc2F)CCCC1. The first-order chi connectivity index (χ1) is 10.1. The predicted molar refractivity (Wildman–Crippen MR) is 78.3 cm³/mol. The maximum atomic E-state index is 14.3. The van der Waals surface area contributed by atoms with Crippen molar-refractivity contribution in [1.82, 2.24) is 4.90 Å². The molecule has 1 saturated carbocycles. The van der Waals surface area contributed by atoms with E-state index >= 15 is 0 Å². The minimum atomic E-state index is -0.245. The van der Waals surface area contributed by atoms with Crippen molar-refractivity contribution in [2.24, 2.45) is 5.92 Å². The molecule has 3 rings (SSSR count). The van der Waals surface area contributed by atoms with Crippen LogP contribution in [0.1, 0.15) is 37.7 Å². The summed E-state index contributed by atoms with van der Waals surface area (Å²) in [5.41, 5.74) is 0.508. The quantitative estimate of drug-likeness (QED) is 0.926. The van der Waals surface area contributed by atoms with Crippen LogP contribution in [-0.4, -0.2) is 35.6 Å². The van der Waals surface area contributed by atoms with Gasteiger partial charge in [0.25, 0.3) is 0 Å². The zero-order valence-corrected chi connectivity index (χ0v) is 12.2. The van der Waals surface area contributed by atoms with Gasteiger partial charge in [0.1, 0.15) is 5.82 Å². The van der Waals surface area contributed by atoms with E-state index in [9.17, 15) is 14.3 Å². The summed E-state index contributed by atoms with van der Waals surface area (Å²) in [6, 6.07) is 6.97. The number of nitrogens with zero attached hydrogens (tertiary/aromatic N) is 1. The molecule has 2 aliphatic rings. The highest BCUT2D eigenvalue weighted by Gasteiger charge is 2.42. The Bertz CT molecular complexity index is 525. The third-order valence-electron chi connectivity index (χ3n) is 5.05. The van der Waals surface area contributed by atoms with Crippen molar-refractivity contribution in [3.05, 3.63) is 35.6 Å². The summed E-state index contributed by atoms with van der Waals surface area (Å²) in [4.78, 5) is 13.9. The average molecular weight is 291 g/mol. The number of aliphatic hydroxyl groups is 1. The zero-order valence-electron chi connectivity index (χ0n) is 12.2. The highest BCUT2D eigenvalue weighted by Crippen LogP contribution is 2.43. The molecule has 1 aliphatic heterocycles. The fourth-order valence-electron chi connectivity index (χ4n) is 3.95. The molecule has 1 heterocycles. The van der Waals surface area contributed by atoms with Gasteiger partial charge in [-0.2, -0.15) is 0 Å². The van der Waals surface area contributed by atoms with E-state index in [4.69, 9.17) is 0 Å². The van der Waals surface area contributed by atoms with Crippen molar-refractivity contribution in [2.45, 2.75) is 37.5 Å². The number of halogens is 1. The normalized spacial score (nSPS) is 24.8. The fraction of sp³-hybridized carbons (Fsp3) is 0.588.